The topological polar surface area (TPSA) is 8.17 Å². The Labute approximate surface area is 343 Å². The molecule has 58 heavy (non-hydrogen) atoms. The summed E-state index contributed by atoms with van der Waals surface area (Å²) in [7, 11) is 0. The highest BCUT2D eigenvalue weighted by Crippen LogP contribution is 2.52. The van der Waals surface area contributed by atoms with Gasteiger partial charge >= 0.3 is 0 Å². The number of fused-ring (bicyclic) bond motifs is 11. The van der Waals surface area contributed by atoms with Crippen LogP contribution in [0.1, 0.15) is 56.7 Å². The summed E-state index contributed by atoms with van der Waals surface area (Å²) in [6, 6.07) is 65.0. The van der Waals surface area contributed by atoms with Crippen LogP contribution in [0.3, 0.4) is 0 Å². The largest absolute Gasteiger partial charge is 0.338 e. The summed E-state index contributed by atoms with van der Waals surface area (Å²) in [4.78, 5) is 2.75. The van der Waals surface area contributed by atoms with E-state index < -0.39 is 0 Å². The zero-order chi connectivity index (χ0) is 38.5. The minimum Gasteiger partial charge on any atom is -0.338 e. The van der Waals surface area contributed by atoms with Gasteiger partial charge in [0.15, 0.2) is 0 Å². The van der Waals surface area contributed by atoms with Crippen molar-refractivity contribution in [2.24, 2.45) is 0 Å². The van der Waals surface area contributed by atoms with E-state index in [0.717, 1.165) is 25.7 Å². The van der Waals surface area contributed by atoms with E-state index in [4.69, 9.17) is 0 Å². The van der Waals surface area contributed by atoms with Crippen LogP contribution in [0.15, 0.2) is 170 Å². The van der Waals surface area contributed by atoms with Gasteiger partial charge in [-0.1, -0.05) is 141 Å². The lowest BCUT2D eigenvalue weighted by atomic mass is 9.82. The van der Waals surface area contributed by atoms with Crippen LogP contribution in [0.2, 0.25) is 0 Å². The van der Waals surface area contributed by atoms with Crippen LogP contribution in [-0.4, -0.2) is 10.6 Å². The molecule has 2 nitrogen and oxygen atoms in total. The molecule has 0 aliphatic heterocycles. The Balaban J connectivity index is 1.03. The zero-order valence-electron chi connectivity index (χ0n) is 33.0. The van der Waals surface area contributed by atoms with Crippen molar-refractivity contribution in [3.63, 3.8) is 0 Å². The molecule has 12 rings (SSSR count). The average molecular weight is 765 g/mol. The van der Waals surface area contributed by atoms with Gasteiger partial charge in [0, 0.05) is 76.4 Å². The second kappa shape index (κ2) is 12.9. The van der Waals surface area contributed by atoms with Gasteiger partial charge in [-0.2, -0.15) is 0 Å². The number of nitrogens with zero attached hydrogens (tertiary/aromatic N) is 2. The maximum Gasteiger partial charge on any atom is 0.0493 e. The molecule has 0 N–H and O–H groups in total. The summed E-state index contributed by atoms with van der Waals surface area (Å²) < 4.78 is 5.36. The zero-order valence-corrected chi connectivity index (χ0v) is 33.8. The number of benzene rings is 8. The van der Waals surface area contributed by atoms with Crippen LogP contribution < -0.4 is 4.90 Å². The van der Waals surface area contributed by atoms with E-state index in [9.17, 15) is 0 Å². The number of para-hydroxylation sites is 3. The van der Waals surface area contributed by atoms with Gasteiger partial charge < -0.3 is 9.47 Å². The van der Waals surface area contributed by atoms with E-state index in [-0.39, 0.29) is 5.41 Å². The van der Waals surface area contributed by atoms with Gasteiger partial charge in [-0.25, -0.2) is 0 Å². The number of hydrogen-bond donors (Lipinski definition) is 0. The Morgan fingerprint density at radius 1 is 0.500 bits per heavy atom. The number of anilines is 2. The van der Waals surface area contributed by atoms with Crippen LogP contribution in [0.25, 0.3) is 75.0 Å². The van der Waals surface area contributed by atoms with Gasteiger partial charge in [-0.3, -0.25) is 0 Å². The van der Waals surface area contributed by atoms with Crippen LogP contribution in [-0.2, 0) is 5.41 Å². The summed E-state index contributed by atoms with van der Waals surface area (Å²) in [5, 5.41) is 8.09. The van der Waals surface area contributed by atoms with Crippen molar-refractivity contribution in [1.29, 1.82) is 0 Å². The minimum atomic E-state index is -0.0808. The predicted molar refractivity (Wildman–Crippen MR) is 249 cm³/mol. The van der Waals surface area contributed by atoms with Gasteiger partial charge in [0.2, 0.25) is 0 Å². The summed E-state index contributed by atoms with van der Waals surface area (Å²) in [6.45, 7) is 4.81. The fourth-order valence-corrected chi connectivity index (χ4v) is 12.2. The minimum absolute atomic E-state index is 0.0808. The number of rotatable bonds is 5. The highest BCUT2D eigenvalue weighted by Gasteiger charge is 2.37. The molecule has 0 spiro atoms. The van der Waals surface area contributed by atoms with Gasteiger partial charge in [0.05, 0.1) is 0 Å². The Morgan fingerprint density at radius 3 is 1.93 bits per heavy atom. The first-order valence-corrected chi connectivity index (χ1v) is 21.8. The van der Waals surface area contributed by atoms with Crippen molar-refractivity contribution < 1.29 is 0 Å². The molecule has 3 heteroatoms. The monoisotopic (exact) mass is 764 g/mol. The SMILES string of the molecule is CC1(C)c2ccccc2-c2ccc(N(c3ccccc3-c3cccc4ccc5sc6ccccc6c5c34)C3CCC(n4c5ccccc5c5ccccc54)CC3)cc21. The summed E-state index contributed by atoms with van der Waals surface area (Å²) in [5.41, 5.74) is 13.4. The first-order valence-electron chi connectivity index (χ1n) is 21.0. The third kappa shape index (κ3) is 4.96. The molecule has 0 radical (unpaired) electrons. The molecule has 0 bridgehead atoms. The summed E-state index contributed by atoms with van der Waals surface area (Å²) in [6.07, 6.45) is 4.47. The van der Waals surface area contributed by atoms with E-state index in [1.807, 2.05) is 11.3 Å². The lowest BCUT2D eigenvalue weighted by Crippen LogP contribution is -2.36. The van der Waals surface area contributed by atoms with E-state index in [2.05, 4.69) is 193 Å². The molecular weight excluding hydrogens is 721 g/mol. The first kappa shape index (κ1) is 33.9. The van der Waals surface area contributed by atoms with Gasteiger partial charge in [-0.15, -0.1) is 11.3 Å². The van der Waals surface area contributed by atoms with Crippen LogP contribution in [0.4, 0.5) is 11.4 Å². The second-order valence-corrected chi connectivity index (χ2v) is 18.2. The standard InChI is InChI=1S/C55H44N2S/c1-55(2)46-21-8-3-15-39(46)40-32-31-38(34-47(40)55)56(36-27-29-37(30-28-36)57-49-23-10-4-16-41(49)42-17-5-11-24-50(42)57)48-22-9-6-18-43(48)44-20-13-14-35-26-33-52-54(53(35)44)45-19-7-12-25-51(45)58-52/h3-26,31-34,36-37H,27-30H2,1-2H3. The fraction of sp³-hybridized carbons (Fsp3) is 0.164. The summed E-state index contributed by atoms with van der Waals surface area (Å²) >= 11 is 1.90. The molecule has 2 aliphatic rings. The molecule has 0 amide bonds. The van der Waals surface area contributed by atoms with Gasteiger partial charge in [-0.05, 0) is 107 Å². The first-order chi connectivity index (χ1) is 28.5. The van der Waals surface area contributed by atoms with Crippen molar-refractivity contribution in [1.82, 2.24) is 4.57 Å². The van der Waals surface area contributed by atoms with Crippen molar-refractivity contribution in [2.75, 3.05) is 4.90 Å². The molecule has 2 aromatic heterocycles. The Kier molecular flexibility index (Phi) is 7.56. The molecular formula is C55H44N2S. The molecule has 1 fully saturated rings. The third-order valence-electron chi connectivity index (χ3n) is 13.7. The molecule has 1 saturated carbocycles. The van der Waals surface area contributed by atoms with Crippen LogP contribution in [0.5, 0.6) is 0 Å². The van der Waals surface area contributed by atoms with Crippen LogP contribution >= 0.6 is 11.3 Å². The van der Waals surface area contributed by atoms with Crippen molar-refractivity contribution >= 4 is 75.5 Å². The number of aromatic nitrogens is 1. The highest BCUT2D eigenvalue weighted by molar-refractivity contribution is 7.26. The highest BCUT2D eigenvalue weighted by atomic mass is 32.1. The molecule has 0 saturated heterocycles. The maximum absolute atomic E-state index is 2.75. The van der Waals surface area contributed by atoms with E-state index in [1.165, 1.54) is 97.5 Å². The lowest BCUT2D eigenvalue weighted by molar-refractivity contribution is 0.333. The van der Waals surface area contributed by atoms with E-state index in [1.54, 1.807) is 0 Å². The number of thiophene rings is 1. The molecule has 10 aromatic rings. The van der Waals surface area contributed by atoms with Crippen LogP contribution in [0, 0.1) is 0 Å². The summed E-state index contributed by atoms with van der Waals surface area (Å²) in [5.74, 6) is 0. The lowest BCUT2D eigenvalue weighted by Gasteiger charge is -2.40. The third-order valence-corrected chi connectivity index (χ3v) is 14.8. The number of hydrogen-bond acceptors (Lipinski definition) is 2. The maximum atomic E-state index is 2.75. The van der Waals surface area contributed by atoms with E-state index >= 15 is 0 Å². The van der Waals surface area contributed by atoms with Gasteiger partial charge in [0.1, 0.15) is 0 Å². The average Bonchev–Trinajstić information content (AvgIpc) is 3.90. The molecule has 2 aliphatic carbocycles. The van der Waals surface area contributed by atoms with Crippen molar-refractivity contribution in [3.8, 4) is 22.3 Å². The molecule has 280 valence electrons. The molecule has 8 aromatic carbocycles. The van der Waals surface area contributed by atoms with E-state index in [0.29, 0.717) is 12.1 Å². The predicted octanol–water partition coefficient (Wildman–Crippen LogP) is 15.6. The fourth-order valence-electron chi connectivity index (χ4n) is 11.0. The molecule has 0 unspecified atom stereocenters. The van der Waals surface area contributed by atoms with Crippen molar-refractivity contribution in [3.05, 3.63) is 181 Å². The van der Waals surface area contributed by atoms with Crippen molar-refractivity contribution in [2.45, 2.75) is 57.0 Å². The molecule has 0 atom stereocenters. The Morgan fingerprint density at radius 2 is 1.14 bits per heavy atom. The normalized spacial score (nSPS) is 17.3. The Hall–Kier alpha value is -6.16. The second-order valence-electron chi connectivity index (χ2n) is 17.1. The molecule has 2 heterocycles. The smallest absolute Gasteiger partial charge is 0.0493 e. The Bertz CT molecular complexity index is 3190. The van der Waals surface area contributed by atoms with Gasteiger partial charge in [0.25, 0.3) is 0 Å². The quantitative estimate of drug-likeness (QED) is 0.169.